The minimum Gasteiger partial charge on any atom is -0.460 e. The first kappa shape index (κ1) is 29.2. The number of carbonyl (C=O) groups is 1. The van der Waals surface area contributed by atoms with E-state index in [1.807, 2.05) is 72.8 Å². The highest BCUT2D eigenvalue weighted by molar-refractivity contribution is 7.45. The summed E-state index contributed by atoms with van der Waals surface area (Å²) in [5.74, 6) is 0.446. The number of rotatable bonds is 11. The van der Waals surface area contributed by atoms with Gasteiger partial charge in [-0.3, -0.25) is 9.36 Å². The quantitative estimate of drug-likeness (QED) is 0.104. The van der Waals surface area contributed by atoms with E-state index < -0.39 is 20.5 Å². The summed E-state index contributed by atoms with van der Waals surface area (Å²) < 4.78 is 26.3. The maximum absolute atomic E-state index is 12.9. The molecule has 0 saturated carbocycles. The number of nitrogen functional groups attached to an aromatic ring is 1. The third kappa shape index (κ3) is 6.87. The molecule has 0 bridgehead atoms. The van der Waals surface area contributed by atoms with E-state index in [2.05, 4.69) is 20.0 Å². The van der Waals surface area contributed by atoms with Crippen LogP contribution < -0.4 is 15.3 Å². The first-order valence-electron chi connectivity index (χ1n) is 13.8. The van der Waals surface area contributed by atoms with E-state index in [1.165, 1.54) is 0 Å². The minimum atomic E-state index is -1.76. The maximum atomic E-state index is 12.9. The molecular weight excluding hydrogens is 591 g/mol. The molecule has 6 rings (SSSR count). The lowest BCUT2D eigenvalue weighted by molar-refractivity contribution is -0.146. The van der Waals surface area contributed by atoms with Gasteiger partial charge in [-0.15, -0.1) is 0 Å². The van der Waals surface area contributed by atoms with Gasteiger partial charge in [-0.05, 0) is 48.4 Å². The van der Waals surface area contributed by atoms with E-state index in [4.69, 9.17) is 35.9 Å². The van der Waals surface area contributed by atoms with E-state index in [1.54, 1.807) is 17.8 Å². The molecule has 13 heteroatoms. The molecule has 0 spiro atoms. The number of nitrogens with zero attached hydrogens (tertiary/aromatic N) is 4. The lowest BCUT2D eigenvalue weighted by Crippen LogP contribution is -2.34. The summed E-state index contributed by atoms with van der Waals surface area (Å²) in [7, 11) is -1.76. The lowest BCUT2D eigenvalue weighted by Gasteiger charge is -2.24. The number of anilines is 1. The molecule has 5 aromatic rings. The monoisotopic (exact) mass is 620 g/mol. The van der Waals surface area contributed by atoms with Crippen molar-refractivity contribution >= 4 is 53.9 Å². The molecule has 1 saturated heterocycles. The highest BCUT2D eigenvalue weighted by Gasteiger charge is 2.31. The highest BCUT2D eigenvalue weighted by Crippen LogP contribution is 2.41. The molecule has 3 aromatic carbocycles. The second kappa shape index (κ2) is 13.2. The Hall–Kier alpha value is -3.86. The van der Waals surface area contributed by atoms with Crippen molar-refractivity contribution in [2.24, 2.45) is 0 Å². The van der Waals surface area contributed by atoms with Crippen molar-refractivity contribution in [3.05, 3.63) is 90.0 Å². The van der Waals surface area contributed by atoms with Gasteiger partial charge >= 0.3 is 14.5 Å². The van der Waals surface area contributed by atoms with E-state index in [9.17, 15) is 4.79 Å². The van der Waals surface area contributed by atoms with Gasteiger partial charge in [0.2, 0.25) is 5.28 Å². The van der Waals surface area contributed by atoms with Crippen LogP contribution in [-0.2, 0) is 25.4 Å². The van der Waals surface area contributed by atoms with E-state index in [0.29, 0.717) is 23.3 Å². The fraction of sp³-hybridized carbons (Fsp3) is 0.267. The molecule has 3 heterocycles. The Morgan fingerprint density at radius 2 is 1.91 bits per heavy atom. The summed E-state index contributed by atoms with van der Waals surface area (Å²) in [5, 5.41) is 5.21. The normalized spacial score (nSPS) is 18.1. The molecule has 0 aliphatic carbocycles. The standard InChI is InChI=1S/C30H30ClN6O5P/c1-19(29(38)39-16-20-8-3-2-4-9-20)36-43(42-24-13-7-11-21-10-5-6-12-23(21)24)40-17-22-14-15-25(41-22)37-18-33-26-27(32)34-30(31)35-28(26)37/h2-13,18-19,22,25,36H,14-17H2,1H3,(H2,32,34,35). The number of esters is 1. The van der Waals surface area contributed by atoms with Gasteiger partial charge in [0.25, 0.3) is 0 Å². The van der Waals surface area contributed by atoms with Crippen LogP contribution in [0.2, 0.25) is 5.28 Å². The molecule has 3 N–H and O–H groups in total. The molecule has 4 unspecified atom stereocenters. The van der Waals surface area contributed by atoms with Crippen molar-refractivity contribution < 1.29 is 23.3 Å². The van der Waals surface area contributed by atoms with Crippen molar-refractivity contribution in [2.75, 3.05) is 12.3 Å². The van der Waals surface area contributed by atoms with Crippen LogP contribution in [0.4, 0.5) is 5.82 Å². The summed E-state index contributed by atoms with van der Waals surface area (Å²) in [6.45, 7) is 2.14. The smallest absolute Gasteiger partial charge is 0.323 e. The van der Waals surface area contributed by atoms with E-state index in [0.717, 1.165) is 22.8 Å². The van der Waals surface area contributed by atoms with Crippen LogP contribution >= 0.6 is 20.1 Å². The Bertz CT molecular complexity index is 1720. The highest BCUT2D eigenvalue weighted by atomic mass is 35.5. The Morgan fingerprint density at radius 1 is 1.12 bits per heavy atom. The topological polar surface area (TPSA) is 136 Å². The summed E-state index contributed by atoms with van der Waals surface area (Å²) in [6.07, 6.45) is 2.50. The third-order valence-electron chi connectivity index (χ3n) is 7.00. The number of aromatic nitrogens is 4. The van der Waals surface area contributed by atoms with Gasteiger partial charge in [-0.2, -0.15) is 9.97 Å². The second-order valence-electron chi connectivity index (χ2n) is 10.1. The Labute approximate surface area is 254 Å². The largest absolute Gasteiger partial charge is 0.460 e. The summed E-state index contributed by atoms with van der Waals surface area (Å²) in [5.41, 5.74) is 7.85. The number of fused-ring (bicyclic) bond motifs is 2. The number of imidazole rings is 1. The van der Waals surface area contributed by atoms with Crippen molar-refractivity contribution in [1.29, 1.82) is 0 Å². The number of ether oxygens (including phenoxy) is 2. The zero-order valence-corrected chi connectivity index (χ0v) is 24.9. The van der Waals surface area contributed by atoms with Gasteiger partial charge in [0.15, 0.2) is 11.5 Å². The molecule has 1 fully saturated rings. The van der Waals surface area contributed by atoms with Crippen LogP contribution in [0.1, 0.15) is 31.6 Å². The Balaban J connectivity index is 1.13. The fourth-order valence-corrected chi connectivity index (χ4v) is 6.22. The predicted molar refractivity (Wildman–Crippen MR) is 164 cm³/mol. The molecule has 43 heavy (non-hydrogen) atoms. The SMILES string of the molecule is CC(NP(OCC1CCC(n2cnc3c(N)nc(Cl)nc32)O1)Oc1cccc2ccccc12)C(=O)OCc1ccccc1. The first-order chi connectivity index (χ1) is 20.9. The molecule has 0 radical (unpaired) electrons. The number of halogens is 1. The first-order valence-corrected chi connectivity index (χ1v) is 15.4. The van der Waals surface area contributed by atoms with E-state index >= 15 is 0 Å². The van der Waals surface area contributed by atoms with Crippen molar-refractivity contribution in [3.8, 4) is 5.75 Å². The molecule has 1 aliphatic rings. The number of nitrogens with two attached hydrogens (primary N) is 1. The predicted octanol–water partition coefficient (Wildman–Crippen LogP) is 5.94. The number of benzene rings is 3. The third-order valence-corrected chi connectivity index (χ3v) is 8.51. The van der Waals surface area contributed by atoms with Gasteiger partial charge < -0.3 is 24.3 Å². The van der Waals surface area contributed by atoms with Crippen molar-refractivity contribution in [3.63, 3.8) is 0 Å². The fourth-order valence-electron chi connectivity index (χ4n) is 4.81. The van der Waals surface area contributed by atoms with Crippen LogP contribution in [0.15, 0.2) is 79.1 Å². The molecule has 2 aromatic heterocycles. The van der Waals surface area contributed by atoms with Crippen LogP contribution in [0.3, 0.4) is 0 Å². The maximum Gasteiger partial charge on any atom is 0.323 e. The number of nitrogens with one attached hydrogen (secondary N) is 1. The number of hydrogen-bond donors (Lipinski definition) is 2. The molecule has 222 valence electrons. The zero-order valence-electron chi connectivity index (χ0n) is 23.3. The van der Waals surface area contributed by atoms with E-state index in [-0.39, 0.29) is 36.6 Å². The summed E-state index contributed by atoms with van der Waals surface area (Å²) in [4.78, 5) is 25.4. The summed E-state index contributed by atoms with van der Waals surface area (Å²) in [6, 6.07) is 22.6. The zero-order chi connectivity index (χ0) is 29.8. The molecule has 0 amide bonds. The number of hydrogen-bond acceptors (Lipinski definition) is 10. The van der Waals surface area contributed by atoms with Gasteiger partial charge in [0, 0.05) is 5.39 Å². The van der Waals surface area contributed by atoms with Gasteiger partial charge in [-0.1, -0.05) is 66.7 Å². The Morgan fingerprint density at radius 3 is 2.77 bits per heavy atom. The molecule has 1 aliphatic heterocycles. The van der Waals surface area contributed by atoms with Gasteiger partial charge in [0.1, 0.15) is 30.1 Å². The average molecular weight is 621 g/mol. The van der Waals surface area contributed by atoms with Crippen LogP contribution in [0.25, 0.3) is 21.9 Å². The summed E-state index contributed by atoms with van der Waals surface area (Å²) >= 11 is 6.03. The van der Waals surface area contributed by atoms with Gasteiger partial charge in [-0.25, -0.2) is 10.1 Å². The lowest BCUT2D eigenvalue weighted by atomic mass is 10.1. The second-order valence-corrected chi connectivity index (χ2v) is 11.6. The molecular formula is C30H30ClN6O5P. The van der Waals surface area contributed by atoms with Crippen LogP contribution in [0.5, 0.6) is 5.75 Å². The van der Waals surface area contributed by atoms with Crippen LogP contribution in [0, 0.1) is 0 Å². The minimum absolute atomic E-state index is 0.0448. The van der Waals surface area contributed by atoms with Crippen molar-refractivity contribution in [2.45, 2.75) is 44.7 Å². The van der Waals surface area contributed by atoms with Crippen molar-refractivity contribution in [1.82, 2.24) is 24.6 Å². The average Bonchev–Trinajstić information content (AvgIpc) is 3.66. The number of carbonyl (C=O) groups excluding carboxylic acids is 1. The Kier molecular flexibility index (Phi) is 8.97. The van der Waals surface area contributed by atoms with Crippen LogP contribution in [-0.4, -0.2) is 44.2 Å². The van der Waals surface area contributed by atoms with Gasteiger partial charge in [0.05, 0.1) is 19.0 Å². The molecule has 11 nitrogen and oxygen atoms in total. The molecule has 4 atom stereocenters.